The molecule has 0 aliphatic carbocycles. The molecule has 0 bridgehead atoms. The quantitative estimate of drug-likeness (QED) is 0.762. The van der Waals surface area contributed by atoms with Crippen molar-refractivity contribution in [2.24, 2.45) is 0 Å². The molecule has 1 atom stereocenters. The largest absolute Gasteiger partial charge is 0.255 e. The van der Waals surface area contributed by atoms with Crippen molar-refractivity contribution in [1.82, 2.24) is 0 Å². The van der Waals surface area contributed by atoms with Gasteiger partial charge in [0.15, 0.2) is 0 Å². The third-order valence-electron chi connectivity index (χ3n) is 2.21. The number of halogens is 1. The van der Waals surface area contributed by atoms with E-state index in [0.29, 0.717) is 5.92 Å². The summed E-state index contributed by atoms with van der Waals surface area (Å²) < 4.78 is 12.7. The minimum atomic E-state index is -0.878. The third-order valence-corrected chi connectivity index (χ3v) is 4.58. The first kappa shape index (κ1) is 12.2. The van der Waals surface area contributed by atoms with Gasteiger partial charge in [-0.1, -0.05) is 13.8 Å². The second-order valence-corrected chi connectivity index (χ2v) is 6.21. The van der Waals surface area contributed by atoms with Crippen LogP contribution in [0.25, 0.3) is 0 Å². The molecule has 1 aromatic carbocycles. The summed E-state index contributed by atoms with van der Waals surface area (Å²) in [5, 5.41) is 0. The molecule has 0 spiro atoms. The number of benzene rings is 1. The Balaban J connectivity index is 3.35. The first-order valence-electron chi connectivity index (χ1n) is 4.57. The van der Waals surface area contributed by atoms with Crippen LogP contribution in [0.3, 0.4) is 0 Å². The lowest BCUT2D eigenvalue weighted by Crippen LogP contribution is -1.98. The summed E-state index contributed by atoms with van der Waals surface area (Å²) in [5.41, 5.74) is 2.53. The Hall–Kier alpha value is 0.100. The highest BCUT2D eigenvalue weighted by atomic mass is 127. The Morgan fingerprint density at radius 1 is 1.36 bits per heavy atom. The minimum absolute atomic E-state index is 0.490. The molecule has 0 aromatic heterocycles. The lowest BCUT2D eigenvalue weighted by Gasteiger charge is -2.12. The number of hydrogen-bond donors (Lipinski definition) is 0. The fraction of sp³-hybridized carbons (Fsp3) is 0.455. The predicted octanol–water partition coefficient (Wildman–Crippen LogP) is 3.46. The molecule has 0 heterocycles. The van der Waals surface area contributed by atoms with Crippen molar-refractivity contribution in [3.05, 3.63) is 26.8 Å². The summed E-state index contributed by atoms with van der Waals surface area (Å²) >= 11 is 2.36. The van der Waals surface area contributed by atoms with Crippen molar-refractivity contribution in [3.8, 4) is 0 Å². The van der Waals surface area contributed by atoms with Crippen LogP contribution in [0.1, 0.15) is 30.9 Å². The first-order chi connectivity index (χ1) is 6.43. The predicted molar refractivity (Wildman–Crippen MR) is 70.3 cm³/mol. The van der Waals surface area contributed by atoms with Gasteiger partial charge < -0.3 is 0 Å². The van der Waals surface area contributed by atoms with E-state index in [9.17, 15) is 4.21 Å². The topological polar surface area (TPSA) is 17.1 Å². The zero-order chi connectivity index (χ0) is 10.9. The second kappa shape index (κ2) is 4.75. The van der Waals surface area contributed by atoms with E-state index in [4.69, 9.17) is 0 Å². The minimum Gasteiger partial charge on any atom is -0.255 e. The summed E-state index contributed by atoms with van der Waals surface area (Å²) in [7, 11) is -0.878. The number of hydrogen-bond acceptors (Lipinski definition) is 1. The van der Waals surface area contributed by atoms with E-state index >= 15 is 0 Å². The van der Waals surface area contributed by atoms with Crippen LogP contribution in [-0.4, -0.2) is 10.5 Å². The Kier molecular flexibility index (Phi) is 4.13. The lowest BCUT2D eigenvalue weighted by atomic mass is 10.0. The van der Waals surface area contributed by atoms with Crippen LogP contribution in [0, 0.1) is 10.5 Å². The second-order valence-electron chi connectivity index (χ2n) is 3.75. The number of aryl methyl sites for hydroxylation is 1. The van der Waals surface area contributed by atoms with Gasteiger partial charge in [-0.15, -0.1) is 0 Å². The van der Waals surface area contributed by atoms with E-state index in [1.54, 1.807) is 6.26 Å². The van der Waals surface area contributed by atoms with Crippen LogP contribution in [0.2, 0.25) is 0 Å². The van der Waals surface area contributed by atoms with Crippen LogP contribution in [0.5, 0.6) is 0 Å². The maximum atomic E-state index is 11.4. The molecule has 78 valence electrons. The Morgan fingerprint density at radius 3 is 2.36 bits per heavy atom. The molecule has 1 aromatic rings. The average molecular weight is 322 g/mol. The summed E-state index contributed by atoms with van der Waals surface area (Å²) in [6.07, 6.45) is 1.73. The highest BCUT2D eigenvalue weighted by Crippen LogP contribution is 2.26. The van der Waals surface area contributed by atoms with Crippen molar-refractivity contribution in [1.29, 1.82) is 0 Å². The summed E-state index contributed by atoms with van der Waals surface area (Å²) in [4.78, 5) is 0.937. The lowest BCUT2D eigenvalue weighted by molar-refractivity contribution is 0.686. The van der Waals surface area contributed by atoms with Crippen molar-refractivity contribution >= 4 is 33.4 Å². The summed E-state index contributed by atoms with van der Waals surface area (Å²) in [6.45, 7) is 6.41. The van der Waals surface area contributed by atoms with Gasteiger partial charge in [0.05, 0.1) is 0 Å². The Morgan fingerprint density at radius 2 is 1.93 bits per heavy atom. The summed E-state index contributed by atoms with van der Waals surface area (Å²) in [5.74, 6) is 0.490. The van der Waals surface area contributed by atoms with Crippen molar-refractivity contribution < 1.29 is 4.21 Å². The molecule has 14 heavy (non-hydrogen) atoms. The molecule has 0 saturated carbocycles. The highest BCUT2D eigenvalue weighted by molar-refractivity contribution is 14.1. The van der Waals surface area contributed by atoms with Gasteiger partial charge in [-0.25, -0.2) is 0 Å². The Labute approximate surface area is 102 Å². The molecule has 0 saturated heterocycles. The van der Waals surface area contributed by atoms with Gasteiger partial charge >= 0.3 is 0 Å². The zero-order valence-corrected chi connectivity index (χ0v) is 11.9. The average Bonchev–Trinajstić information content (AvgIpc) is 2.08. The van der Waals surface area contributed by atoms with E-state index in [-0.39, 0.29) is 0 Å². The standard InChI is InChI=1S/C11H15IOS/c1-7(2)10-6-9(14(4)13)5-8(3)11(10)12/h5-7H,1-4H3. The maximum absolute atomic E-state index is 11.4. The first-order valence-corrected chi connectivity index (χ1v) is 7.20. The molecule has 0 fully saturated rings. The zero-order valence-electron chi connectivity index (χ0n) is 8.93. The van der Waals surface area contributed by atoms with Gasteiger partial charge in [0.2, 0.25) is 0 Å². The third kappa shape index (κ3) is 2.57. The Bertz CT molecular complexity index is 372. The fourth-order valence-electron chi connectivity index (χ4n) is 1.35. The molecule has 0 amide bonds. The van der Waals surface area contributed by atoms with Crippen molar-refractivity contribution in [2.45, 2.75) is 31.6 Å². The van der Waals surface area contributed by atoms with E-state index in [1.165, 1.54) is 14.7 Å². The van der Waals surface area contributed by atoms with Crippen LogP contribution < -0.4 is 0 Å². The molecule has 0 aliphatic rings. The van der Waals surface area contributed by atoms with Crippen molar-refractivity contribution in [3.63, 3.8) is 0 Å². The molecule has 3 heteroatoms. The van der Waals surface area contributed by atoms with Crippen LogP contribution in [0.15, 0.2) is 17.0 Å². The van der Waals surface area contributed by atoms with Gasteiger partial charge in [0.1, 0.15) is 0 Å². The molecule has 1 rings (SSSR count). The van der Waals surface area contributed by atoms with Gasteiger partial charge in [-0.05, 0) is 58.7 Å². The SMILES string of the molecule is Cc1cc(S(C)=O)cc(C(C)C)c1I. The van der Waals surface area contributed by atoms with Crippen LogP contribution in [0.4, 0.5) is 0 Å². The number of rotatable bonds is 2. The smallest absolute Gasteiger partial charge is 0.0498 e. The van der Waals surface area contributed by atoms with E-state index in [0.717, 1.165) is 4.90 Å². The maximum Gasteiger partial charge on any atom is 0.0498 e. The highest BCUT2D eigenvalue weighted by Gasteiger charge is 2.10. The van der Waals surface area contributed by atoms with Crippen molar-refractivity contribution in [2.75, 3.05) is 6.26 Å². The summed E-state index contributed by atoms with van der Waals surface area (Å²) in [6, 6.07) is 4.08. The van der Waals surface area contributed by atoms with Crippen LogP contribution >= 0.6 is 22.6 Å². The molecule has 1 nitrogen and oxygen atoms in total. The molecular formula is C11H15IOS. The van der Waals surface area contributed by atoms with E-state index in [1.807, 2.05) is 6.07 Å². The fourth-order valence-corrected chi connectivity index (χ4v) is 2.92. The normalized spacial score (nSPS) is 13.3. The monoisotopic (exact) mass is 322 g/mol. The van der Waals surface area contributed by atoms with Gasteiger partial charge in [-0.2, -0.15) is 0 Å². The molecular weight excluding hydrogens is 307 g/mol. The van der Waals surface area contributed by atoms with Gasteiger partial charge in [-0.3, -0.25) is 4.21 Å². The van der Waals surface area contributed by atoms with Crippen LogP contribution in [-0.2, 0) is 10.8 Å². The van der Waals surface area contributed by atoms with Gasteiger partial charge in [0.25, 0.3) is 0 Å². The molecule has 0 aliphatic heterocycles. The molecule has 1 unspecified atom stereocenters. The van der Waals surface area contributed by atoms with E-state index in [2.05, 4.69) is 49.4 Å². The molecule has 0 N–H and O–H groups in total. The van der Waals surface area contributed by atoms with E-state index < -0.39 is 10.8 Å². The molecule has 0 radical (unpaired) electrons. The van der Waals surface area contributed by atoms with Gasteiger partial charge in [0, 0.05) is 25.5 Å².